The summed E-state index contributed by atoms with van der Waals surface area (Å²) in [5, 5.41) is 0. The first-order chi connectivity index (χ1) is 7.72. The van der Waals surface area contributed by atoms with E-state index in [1.807, 2.05) is 4.57 Å². The molecule has 3 rings (SSSR count). The van der Waals surface area contributed by atoms with E-state index in [0.29, 0.717) is 12.6 Å². The van der Waals surface area contributed by atoms with Crippen LogP contribution in [0.1, 0.15) is 32.4 Å². The zero-order valence-corrected chi connectivity index (χ0v) is 9.18. The number of nitrogens with zero attached hydrogens (tertiary/aromatic N) is 2. The largest absolute Gasteiger partial charge is 0.461 e. The zero-order chi connectivity index (χ0) is 11.2. The molecule has 2 aliphatic rings. The highest BCUT2D eigenvalue weighted by atomic mass is 16.6. The Kier molecular flexibility index (Phi) is 2.04. The van der Waals surface area contributed by atoms with Gasteiger partial charge in [0.2, 0.25) is 0 Å². The van der Waals surface area contributed by atoms with Gasteiger partial charge in [0, 0.05) is 12.3 Å². The molecule has 2 atom stereocenters. The van der Waals surface area contributed by atoms with Crippen LogP contribution in [0.15, 0.2) is 17.1 Å². The fraction of sp³-hybridized carbons (Fsp3) is 0.636. The fourth-order valence-electron chi connectivity index (χ4n) is 2.38. The molecule has 0 saturated carbocycles. The van der Waals surface area contributed by atoms with Gasteiger partial charge in [-0.1, -0.05) is 6.92 Å². The van der Waals surface area contributed by atoms with Gasteiger partial charge in [0.25, 0.3) is 5.56 Å². The predicted octanol–water partition coefficient (Wildman–Crippen LogP) is 1.09. The highest BCUT2D eigenvalue weighted by molar-refractivity contribution is 5.05. The molecule has 0 N–H and O–H groups in total. The summed E-state index contributed by atoms with van der Waals surface area (Å²) in [5.41, 5.74) is -0.462. The molecule has 0 aromatic carbocycles. The SMILES string of the molecule is CC[C@@]12CC[C@@H](O1)n1ccc(=O)nc1OC2. The van der Waals surface area contributed by atoms with Crippen molar-refractivity contribution < 1.29 is 9.47 Å². The van der Waals surface area contributed by atoms with E-state index in [1.165, 1.54) is 6.07 Å². The van der Waals surface area contributed by atoms with Crippen LogP contribution >= 0.6 is 0 Å². The van der Waals surface area contributed by atoms with Crippen molar-refractivity contribution in [2.45, 2.75) is 38.0 Å². The van der Waals surface area contributed by atoms with Gasteiger partial charge < -0.3 is 9.47 Å². The Balaban J connectivity index is 2.05. The van der Waals surface area contributed by atoms with E-state index in [2.05, 4.69) is 11.9 Å². The zero-order valence-electron chi connectivity index (χ0n) is 9.18. The van der Waals surface area contributed by atoms with Gasteiger partial charge in [-0.2, -0.15) is 4.98 Å². The summed E-state index contributed by atoms with van der Waals surface area (Å²) in [4.78, 5) is 15.0. The average molecular weight is 222 g/mol. The molecule has 5 heteroatoms. The van der Waals surface area contributed by atoms with E-state index in [1.54, 1.807) is 6.20 Å². The van der Waals surface area contributed by atoms with Crippen LogP contribution in [-0.4, -0.2) is 21.8 Å². The summed E-state index contributed by atoms with van der Waals surface area (Å²) in [5.74, 6) is 0. The molecule has 1 aromatic rings. The van der Waals surface area contributed by atoms with E-state index in [4.69, 9.17) is 9.47 Å². The molecule has 1 aromatic heterocycles. The molecule has 0 unspecified atom stereocenters. The topological polar surface area (TPSA) is 53.4 Å². The van der Waals surface area contributed by atoms with Crippen LogP contribution < -0.4 is 10.3 Å². The van der Waals surface area contributed by atoms with Crippen molar-refractivity contribution in [2.24, 2.45) is 0 Å². The summed E-state index contributed by atoms with van der Waals surface area (Å²) >= 11 is 0. The van der Waals surface area contributed by atoms with Crippen molar-refractivity contribution in [2.75, 3.05) is 6.61 Å². The quantitative estimate of drug-likeness (QED) is 0.713. The van der Waals surface area contributed by atoms with Crippen LogP contribution in [0.25, 0.3) is 0 Å². The Morgan fingerprint density at radius 1 is 1.69 bits per heavy atom. The highest BCUT2D eigenvalue weighted by Crippen LogP contribution is 2.42. The second-order valence-corrected chi connectivity index (χ2v) is 4.39. The molecular formula is C11H14N2O3. The lowest BCUT2D eigenvalue weighted by molar-refractivity contribution is -0.0765. The van der Waals surface area contributed by atoms with Crippen molar-refractivity contribution >= 4 is 0 Å². The molecule has 1 saturated heterocycles. The first-order valence-electron chi connectivity index (χ1n) is 5.62. The average Bonchev–Trinajstić information content (AvgIpc) is 2.64. The first kappa shape index (κ1) is 9.84. The second kappa shape index (κ2) is 3.31. The van der Waals surface area contributed by atoms with E-state index in [9.17, 15) is 4.79 Å². The van der Waals surface area contributed by atoms with E-state index in [-0.39, 0.29) is 17.4 Å². The predicted molar refractivity (Wildman–Crippen MR) is 56.4 cm³/mol. The Labute approximate surface area is 93.0 Å². The molecule has 2 bridgehead atoms. The molecule has 3 heterocycles. The molecule has 5 nitrogen and oxygen atoms in total. The molecule has 86 valence electrons. The van der Waals surface area contributed by atoms with Crippen LogP contribution in [0.4, 0.5) is 0 Å². The molecule has 0 radical (unpaired) electrons. The van der Waals surface area contributed by atoms with E-state index < -0.39 is 0 Å². The van der Waals surface area contributed by atoms with Gasteiger partial charge in [-0.25, -0.2) is 0 Å². The lowest BCUT2D eigenvalue weighted by Crippen LogP contribution is -2.33. The summed E-state index contributed by atoms with van der Waals surface area (Å²) in [6.45, 7) is 2.58. The van der Waals surface area contributed by atoms with Crippen molar-refractivity contribution in [3.05, 3.63) is 22.6 Å². The number of rotatable bonds is 1. The maximum atomic E-state index is 11.2. The van der Waals surface area contributed by atoms with Gasteiger partial charge in [-0.05, 0) is 19.3 Å². The van der Waals surface area contributed by atoms with Crippen LogP contribution in [0.2, 0.25) is 0 Å². The molecule has 0 aliphatic carbocycles. The van der Waals surface area contributed by atoms with Crippen LogP contribution in [0, 0.1) is 0 Å². The normalized spacial score (nSPS) is 31.7. The Morgan fingerprint density at radius 2 is 2.56 bits per heavy atom. The van der Waals surface area contributed by atoms with Gasteiger partial charge in [-0.3, -0.25) is 9.36 Å². The monoisotopic (exact) mass is 222 g/mol. The maximum Gasteiger partial charge on any atom is 0.301 e. The van der Waals surface area contributed by atoms with Gasteiger partial charge in [0.15, 0.2) is 0 Å². The highest BCUT2D eigenvalue weighted by Gasteiger charge is 2.43. The van der Waals surface area contributed by atoms with Crippen molar-refractivity contribution in [1.82, 2.24) is 9.55 Å². The summed E-state index contributed by atoms with van der Waals surface area (Å²) < 4.78 is 13.4. The molecular weight excluding hydrogens is 208 g/mol. The number of ether oxygens (including phenoxy) is 2. The Hall–Kier alpha value is -1.36. The lowest BCUT2D eigenvalue weighted by atomic mass is 9.98. The number of aromatic nitrogens is 2. The summed E-state index contributed by atoms with van der Waals surface area (Å²) in [6, 6.07) is 1.82. The number of fused-ring (bicyclic) bond motifs is 4. The lowest BCUT2D eigenvalue weighted by Gasteiger charge is -2.24. The van der Waals surface area contributed by atoms with Gasteiger partial charge in [0.1, 0.15) is 18.4 Å². The third kappa shape index (κ3) is 1.35. The second-order valence-electron chi connectivity index (χ2n) is 4.39. The van der Waals surface area contributed by atoms with Crippen LogP contribution in [0.5, 0.6) is 6.01 Å². The molecule has 2 aliphatic heterocycles. The number of hydrogen-bond acceptors (Lipinski definition) is 4. The van der Waals surface area contributed by atoms with Gasteiger partial charge in [0.05, 0.1) is 0 Å². The van der Waals surface area contributed by atoms with Gasteiger partial charge in [-0.15, -0.1) is 0 Å². The first-order valence-corrected chi connectivity index (χ1v) is 5.62. The third-order valence-electron chi connectivity index (χ3n) is 3.46. The maximum absolute atomic E-state index is 11.2. The third-order valence-corrected chi connectivity index (χ3v) is 3.46. The molecule has 0 spiro atoms. The minimum atomic E-state index is -0.269. The van der Waals surface area contributed by atoms with Crippen LogP contribution in [0.3, 0.4) is 0 Å². The number of hydrogen-bond donors (Lipinski definition) is 0. The standard InChI is InChI=1S/C11H14N2O3/c1-2-11-5-3-9(16-11)13-6-4-8(14)12-10(13)15-7-11/h4,6,9H,2-3,5,7H2,1H3/t9-,11+/m1/s1. The Morgan fingerprint density at radius 3 is 3.38 bits per heavy atom. The van der Waals surface area contributed by atoms with E-state index >= 15 is 0 Å². The minimum Gasteiger partial charge on any atom is -0.461 e. The molecule has 1 fully saturated rings. The molecule has 0 amide bonds. The van der Waals surface area contributed by atoms with E-state index in [0.717, 1.165) is 19.3 Å². The van der Waals surface area contributed by atoms with Crippen molar-refractivity contribution in [3.63, 3.8) is 0 Å². The fourth-order valence-corrected chi connectivity index (χ4v) is 2.38. The Bertz CT molecular complexity index is 471. The molecule has 16 heavy (non-hydrogen) atoms. The van der Waals surface area contributed by atoms with Crippen LogP contribution in [-0.2, 0) is 4.74 Å². The summed E-state index contributed by atoms with van der Waals surface area (Å²) in [7, 11) is 0. The smallest absolute Gasteiger partial charge is 0.301 e. The summed E-state index contributed by atoms with van der Waals surface area (Å²) in [6.07, 6.45) is 4.54. The van der Waals surface area contributed by atoms with Crippen molar-refractivity contribution in [1.29, 1.82) is 0 Å². The van der Waals surface area contributed by atoms with Gasteiger partial charge >= 0.3 is 6.01 Å². The minimum absolute atomic E-state index is 0.0365. The van der Waals surface area contributed by atoms with Crippen molar-refractivity contribution in [3.8, 4) is 6.01 Å².